The Kier molecular flexibility index (Phi) is 12.0. The summed E-state index contributed by atoms with van der Waals surface area (Å²) in [6.07, 6.45) is 0.762. The van der Waals surface area contributed by atoms with Gasteiger partial charge in [-0.1, -0.05) is 73.7 Å². The van der Waals surface area contributed by atoms with Crippen molar-refractivity contribution in [2.45, 2.75) is 50.2 Å². The molecule has 0 heterocycles. The number of hydrogen-bond donors (Lipinski definition) is 1. The number of nitrogens with one attached hydrogen (secondary N) is 1. The van der Waals surface area contributed by atoms with E-state index in [-0.39, 0.29) is 40.9 Å². The number of benzene rings is 4. The van der Waals surface area contributed by atoms with E-state index in [9.17, 15) is 18.0 Å². The highest BCUT2D eigenvalue weighted by Gasteiger charge is 2.35. The third-order valence-corrected chi connectivity index (χ3v) is 9.62. The minimum atomic E-state index is -4.32. The van der Waals surface area contributed by atoms with Crippen molar-refractivity contribution in [3.05, 3.63) is 120 Å². The van der Waals surface area contributed by atoms with Crippen LogP contribution in [0.3, 0.4) is 0 Å². The topological polar surface area (TPSA) is 105 Å². The molecule has 11 heteroatoms. The third kappa shape index (κ3) is 8.68. The lowest BCUT2D eigenvalue weighted by Crippen LogP contribution is -2.54. The maximum absolute atomic E-state index is 15.1. The number of carbonyl (C=O) groups is 2. The molecule has 0 saturated carbocycles. The molecule has 0 aliphatic rings. The van der Waals surface area contributed by atoms with Gasteiger partial charge in [0.15, 0.2) is 11.5 Å². The average Bonchev–Trinajstić information content (AvgIpc) is 3.09. The SMILES string of the molecule is CC[C@H](C)NC(=O)[C@@H](Cc1ccccc1)N(Cc1ccccc1F)C(=O)CN(c1ccc(OC)c(OC)c1)S(=O)(=O)c1ccccc1. The van der Waals surface area contributed by atoms with E-state index in [0.717, 1.165) is 9.87 Å². The summed E-state index contributed by atoms with van der Waals surface area (Å²) in [6.45, 7) is 2.81. The second kappa shape index (κ2) is 16.1. The fourth-order valence-corrected chi connectivity index (χ4v) is 6.46. The predicted molar refractivity (Wildman–Crippen MR) is 179 cm³/mol. The molecule has 248 valence electrons. The lowest BCUT2D eigenvalue weighted by molar-refractivity contribution is -0.140. The quantitative estimate of drug-likeness (QED) is 0.178. The molecule has 2 amide bonds. The maximum atomic E-state index is 15.1. The van der Waals surface area contributed by atoms with E-state index in [1.54, 1.807) is 30.3 Å². The smallest absolute Gasteiger partial charge is 0.264 e. The summed E-state index contributed by atoms with van der Waals surface area (Å²) in [5.41, 5.74) is 1.09. The molecule has 0 aliphatic carbocycles. The van der Waals surface area contributed by atoms with Gasteiger partial charge in [0.25, 0.3) is 10.0 Å². The van der Waals surface area contributed by atoms with Crippen molar-refractivity contribution in [1.29, 1.82) is 0 Å². The van der Waals surface area contributed by atoms with Crippen LogP contribution < -0.4 is 19.1 Å². The molecular weight excluding hydrogens is 621 g/mol. The molecule has 4 rings (SSSR count). The summed E-state index contributed by atoms with van der Waals surface area (Å²) in [4.78, 5) is 29.7. The summed E-state index contributed by atoms with van der Waals surface area (Å²) in [6, 6.07) is 26.1. The second-order valence-electron chi connectivity index (χ2n) is 11.0. The van der Waals surface area contributed by atoms with Crippen molar-refractivity contribution >= 4 is 27.5 Å². The standard InChI is InChI=1S/C36H40FN3O6S/c1-5-26(2)38-36(42)32(22-27-14-8-6-9-15-27)39(24-28-16-12-13-19-31(28)37)35(41)25-40(47(43,44)30-17-10-7-11-18-30)29-20-21-33(45-3)34(23-29)46-4/h6-21,23,26,32H,5,22,24-25H2,1-4H3,(H,38,42)/t26-,32+/m0/s1. The van der Waals surface area contributed by atoms with Gasteiger partial charge in [0.05, 0.1) is 24.8 Å². The largest absolute Gasteiger partial charge is 0.493 e. The summed E-state index contributed by atoms with van der Waals surface area (Å²) in [7, 11) is -1.45. The van der Waals surface area contributed by atoms with Crippen molar-refractivity contribution in [2.75, 3.05) is 25.1 Å². The Morgan fingerprint density at radius 2 is 1.47 bits per heavy atom. The van der Waals surface area contributed by atoms with E-state index in [1.807, 2.05) is 44.2 Å². The van der Waals surface area contributed by atoms with Gasteiger partial charge in [-0.15, -0.1) is 0 Å². The van der Waals surface area contributed by atoms with E-state index >= 15 is 4.39 Å². The first kappa shape index (κ1) is 35.0. The van der Waals surface area contributed by atoms with Gasteiger partial charge >= 0.3 is 0 Å². The van der Waals surface area contributed by atoms with Crippen LogP contribution in [0.4, 0.5) is 10.1 Å². The molecular formula is C36H40FN3O6S. The van der Waals surface area contributed by atoms with Crippen molar-refractivity contribution in [3.63, 3.8) is 0 Å². The molecule has 2 atom stereocenters. The first-order valence-corrected chi connectivity index (χ1v) is 16.7. The molecule has 0 fully saturated rings. The highest BCUT2D eigenvalue weighted by atomic mass is 32.2. The molecule has 47 heavy (non-hydrogen) atoms. The molecule has 9 nitrogen and oxygen atoms in total. The molecule has 0 bridgehead atoms. The monoisotopic (exact) mass is 661 g/mol. The summed E-state index contributed by atoms with van der Waals surface area (Å²) >= 11 is 0. The van der Waals surface area contributed by atoms with Gasteiger partial charge in [0.2, 0.25) is 11.8 Å². The zero-order chi connectivity index (χ0) is 34.0. The van der Waals surface area contributed by atoms with Gasteiger partial charge in [-0.05, 0) is 49.2 Å². The Balaban J connectivity index is 1.85. The van der Waals surface area contributed by atoms with E-state index in [1.165, 1.54) is 61.6 Å². The van der Waals surface area contributed by atoms with Crippen LogP contribution in [0.5, 0.6) is 11.5 Å². The molecule has 0 radical (unpaired) electrons. The minimum absolute atomic E-state index is 0.0430. The number of halogens is 1. The number of anilines is 1. The van der Waals surface area contributed by atoms with Crippen LogP contribution in [0, 0.1) is 5.82 Å². The second-order valence-corrected chi connectivity index (χ2v) is 12.9. The molecule has 0 unspecified atom stereocenters. The number of hydrogen-bond acceptors (Lipinski definition) is 6. The van der Waals surface area contributed by atoms with Gasteiger partial charge in [0, 0.05) is 30.6 Å². The van der Waals surface area contributed by atoms with E-state index < -0.39 is 40.2 Å². The summed E-state index contributed by atoms with van der Waals surface area (Å²) < 4.78 is 55.2. The van der Waals surface area contributed by atoms with Crippen LogP contribution in [0.1, 0.15) is 31.4 Å². The molecule has 0 aromatic heterocycles. The predicted octanol–water partition coefficient (Wildman–Crippen LogP) is 5.59. The first-order valence-electron chi connectivity index (χ1n) is 15.3. The maximum Gasteiger partial charge on any atom is 0.264 e. The number of methoxy groups -OCH3 is 2. The normalized spacial score (nSPS) is 12.4. The number of amides is 2. The zero-order valence-electron chi connectivity index (χ0n) is 26.9. The van der Waals surface area contributed by atoms with E-state index in [4.69, 9.17) is 9.47 Å². The van der Waals surface area contributed by atoms with Crippen molar-refractivity contribution in [2.24, 2.45) is 0 Å². The van der Waals surface area contributed by atoms with Crippen LogP contribution in [0.25, 0.3) is 0 Å². The molecule has 4 aromatic rings. The van der Waals surface area contributed by atoms with E-state index in [2.05, 4.69) is 5.32 Å². The van der Waals surface area contributed by atoms with Gasteiger partial charge in [-0.3, -0.25) is 13.9 Å². The summed E-state index contributed by atoms with van der Waals surface area (Å²) in [5, 5.41) is 2.97. The highest BCUT2D eigenvalue weighted by molar-refractivity contribution is 7.92. The minimum Gasteiger partial charge on any atom is -0.493 e. The number of nitrogens with zero attached hydrogens (tertiary/aromatic N) is 2. The van der Waals surface area contributed by atoms with Crippen molar-refractivity contribution in [1.82, 2.24) is 10.2 Å². The van der Waals surface area contributed by atoms with Gasteiger partial charge in [0.1, 0.15) is 18.4 Å². The Hall–Kier alpha value is -4.90. The molecule has 0 spiro atoms. The van der Waals surface area contributed by atoms with Gasteiger partial charge in [-0.2, -0.15) is 0 Å². The van der Waals surface area contributed by atoms with Gasteiger partial charge in [-0.25, -0.2) is 12.8 Å². The van der Waals surface area contributed by atoms with Crippen LogP contribution in [0.2, 0.25) is 0 Å². The van der Waals surface area contributed by atoms with Crippen molar-refractivity contribution < 1.29 is 31.9 Å². The fraction of sp³-hybridized carbons (Fsp3) is 0.278. The Bertz CT molecular complexity index is 1760. The Morgan fingerprint density at radius 1 is 0.851 bits per heavy atom. The number of carbonyl (C=O) groups excluding carboxylic acids is 2. The van der Waals surface area contributed by atoms with Crippen LogP contribution in [-0.4, -0.2) is 58.0 Å². The molecule has 4 aromatic carbocycles. The Labute approximate surface area is 276 Å². The average molecular weight is 662 g/mol. The van der Waals surface area contributed by atoms with Crippen molar-refractivity contribution in [3.8, 4) is 11.5 Å². The fourth-order valence-electron chi connectivity index (χ4n) is 5.03. The van der Waals surface area contributed by atoms with Crippen LogP contribution in [-0.2, 0) is 32.6 Å². The first-order chi connectivity index (χ1) is 22.6. The molecule has 0 saturated heterocycles. The number of ether oxygens (including phenoxy) is 2. The van der Waals surface area contributed by atoms with E-state index in [0.29, 0.717) is 12.2 Å². The lowest BCUT2D eigenvalue weighted by Gasteiger charge is -2.34. The summed E-state index contributed by atoms with van der Waals surface area (Å²) in [5.74, 6) is -1.08. The highest BCUT2D eigenvalue weighted by Crippen LogP contribution is 2.34. The Morgan fingerprint density at radius 3 is 2.09 bits per heavy atom. The molecule has 1 N–H and O–H groups in total. The van der Waals surface area contributed by atoms with Crippen LogP contribution >= 0.6 is 0 Å². The third-order valence-electron chi connectivity index (χ3n) is 7.84. The van der Waals surface area contributed by atoms with Crippen LogP contribution in [0.15, 0.2) is 108 Å². The zero-order valence-corrected chi connectivity index (χ0v) is 27.7. The van der Waals surface area contributed by atoms with Gasteiger partial charge < -0.3 is 19.7 Å². The lowest BCUT2D eigenvalue weighted by atomic mass is 10.0. The number of rotatable bonds is 15. The number of sulfonamides is 1. The molecule has 0 aliphatic heterocycles.